The van der Waals surface area contributed by atoms with Crippen molar-refractivity contribution in [2.24, 2.45) is 5.73 Å². The first kappa shape index (κ1) is 17.9. The highest BCUT2D eigenvalue weighted by atomic mass is 16.5. The molecule has 150 valence electrons. The number of hydrogen-bond donors (Lipinski definition) is 1. The van der Waals surface area contributed by atoms with Crippen LogP contribution in [0.3, 0.4) is 0 Å². The van der Waals surface area contributed by atoms with E-state index in [1.165, 1.54) is 24.9 Å². The van der Waals surface area contributed by atoms with Gasteiger partial charge in [-0.3, -0.25) is 0 Å². The zero-order valence-electron chi connectivity index (χ0n) is 16.4. The van der Waals surface area contributed by atoms with Crippen molar-refractivity contribution in [2.75, 3.05) is 24.6 Å². The van der Waals surface area contributed by atoms with E-state index in [1.807, 2.05) is 25.3 Å². The molecule has 1 fully saturated rings. The number of piperidine rings is 1. The molecule has 0 radical (unpaired) electrons. The molecule has 8 heteroatoms. The van der Waals surface area contributed by atoms with Crippen LogP contribution in [0.25, 0.3) is 28.2 Å². The van der Waals surface area contributed by atoms with Gasteiger partial charge in [-0.25, -0.2) is 14.5 Å². The molecule has 0 spiro atoms. The summed E-state index contributed by atoms with van der Waals surface area (Å²) in [6.45, 7) is 4.42. The molecule has 4 aromatic heterocycles. The van der Waals surface area contributed by atoms with Crippen molar-refractivity contribution in [1.29, 1.82) is 0 Å². The second kappa shape index (κ2) is 7.36. The summed E-state index contributed by atoms with van der Waals surface area (Å²) in [5.74, 6) is 1.18. The summed E-state index contributed by atoms with van der Waals surface area (Å²) >= 11 is 0. The Morgan fingerprint density at radius 3 is 2.86 bits per heavy atom. The summed E-state index contributed by atoms with van der Waals surface area (Å²) in [6, 6.07) is 7.70. The summed E-state index contributed by atoms with van der Waals surface area (Å²) in [6.07, 6.45) is 7.30. The van der Waals surface area contributed by atoms with Crippen LogP contribution in [-0.4, -0.2) is 45.3 Å². The third-order valence-corrected chi connectivity index (χ3v) is 5.19. The molecule has 0 aromatic carbocycles. The van der Waals surface area contributed by atoms with Crippen LogP contribution >= 0.6 is 0 Å². The van der Waals surface area contributed by atoms with Gasteiger partial charge in [-0.15, -0.1) is 5.10 Å². The molecule has 5 heterocycles. The van der Waals surface area contributed by atoms with Crippen LogP contribution < -0.4 is 15.4 Å². The summed E-state index contributed by atoms with van der Waals surface area (Å²) in [5, 5.41) is 5.57. The minimum absolute atomic E-state index is 0.0654. The van der Waals surface area contributed by atoms with E-state index in [0.29, 0.717) is 24.0 Å². The highest BCUT2D eigenvalue weighted by Crippen LogP contribution is 2.34. The van der Waals surface area contributed by atoms with Crippen molar-refractivity contribution < 1.29 is 9.15 Å². The summed E-state index contributed by atoms with van der Waals surface area (Å²) in [4.78, 5) is 11.3. The minimum atomic E-state index is -0.0654. The number of fused-ring (bicyclic) bond motifs is 2. The largest absolute Gasteiger partial charge is 0.475 e. The van der Waals surface area contributed by atoms with Gasteiger partial charge in [-0.1, -0.05) is 0 Å². The zero-order valence-corrected chi connectivity index (χ0v) is 16.4. The number of ether oxygens (including phenoxy) is 1. The average molecular weight is 392 g/mol. The lowest BCUT2D eigenvalue weighted by atomic mass is 10.1. The molecule has 8 nitrogen and oxygen atoms in total. The lowest BCUT2D eigenvalue weighted by molar-refractivity contribution is 0.281. The fraction of sp³-hybridized carbons (Fsp3) is 0.381. The number of imidazole rings is 1. The van der Waals surface area contributed by atoms with Gasteiger partial charge < -0.3 is 19.8 Å². The van der Waals surface area contributed by atoms with Gasteiger partial charge in [0.05, 0.1) is 17.3 Å². The summed E-state index contributed by atoms with van der Waals surface area (Å²) in [5.41, 5.74) is 9.05. The lowest BCUT2D eigenvalue weighted by Gasteiger charge is -2.28. The Morgan fingerprint density at radius 1 is 1.17 bits per heavy atom. The van der Waals surface area contributed by atoms with Gasteiger partial charge >= 0.3 is 0 Å². The van der Waals surface area contributed by atoms with Gasteiger partial charge in [0.1, 0.15) is 12.3 Å². The fourth-order valence-corrected chi connectivity index (χ4v) is 3.78. The van der Waals surface area contributed by atoms with E-state index < -0.39 is 0 Å². The molecule has 5 rings (SSSR count). The zero-order chi connectivity index (χ0) is 19.8. The first-order chi connectivity index (χ1) is 14.2. The molecule has 0 bridgehead atoms. The first-order valence-electron chi connectivity index (χ1n) is 10.1. The molecule has 0 saturated carbocycles. The van der Waals surface area contributed by atoms with Crippen LogP contribution in [0.4, 0.5) is 5.69 Å². The molecule has 2 N–H and O–H groups in total. The molecule has 0 aliphatic carbocycles. The van der Waals surface area contributed by atoms with Crippen LogP contribution in [0.5, 0.6) is 5.88 Å². The summed E-state index contributed by atoms with van der Waals surface area (Å²) in [7, 11) is 0. The molecule has 1 saturated heterocycles. The van der Waals surface area contributed by atoms with Gasteiger partial charge in [0.15, 0.2) is 11.4 Å². The normalized spacial score (nSPS) is 15.9. The quantitative estimate of drug-likeness (QED) is 0.557. The van der Waals surface area contributed by atoms with E-state index in [2.05, 4.69) is 26.0 Å². The Kier molecular flexibility index (Phi) is 4.55. The number of anilines is 1. The van der Waals surface area contributed by atoms with E-state index in [-0.39, 0.29) is 6.04 Å². The fourth-order valence-electron chi connectivity index (χ4n) is 3.78. The van der Waals surface area contributed by atoms with Crippen LogP contribution in [-0.2, 0) is 0 Å². The van der Waals surface area contributed by atoms with E-state index in [1.54, 1.807) is 16.8 Å². The predicted octanol–water partition coefficient (Wildman–Crippen LogP) is 3.25. The third-order valence-electron chi connectivity index (χ3n) is 5.19. The first-order valence-corrected chi connectivity index (χ1v) is 10.1. The SMILES string of the molecule is C[C@H](N)COc1ccc2ncc(-c3cc4c(N5CCCCC5)ccnc4o3)n2n1. The van der Waals surface area contributed by atoms with Crippen LogP contribution in [0.1, 0.15) is 26.2 Å². The molecule has 1 aliphatic heterocycles. The maximum atomic E-state index is 6.09. The van der Waals surface area contributed by atoms with Crippen molar-refractivity contribution in [3.05, 3.63) is 36.7 Å². The van der Waals surface area contributed by atoms with Crippen LogP contribution in [0, 0.1) is 0 Å². The van der Waals surface area contributed by atoms with Crippen LogP contribution in [0.2, 0.25) is 0 Å². The van der Waals surface area contributed by atoms with E-state index in [4.69, 9.17) is 14.9 Å². The molecule has 0 amide bonds. The highest BCUT2D eigenvalue weighted by molar-refractivity contribution is 5.91. The molecule has 1 aliphatic rings. The predicted molar refractivity (Wildman–Crippen MR) is 111 cm³/mol. The standard InChI is InChI=1S/C21H24N6O2/c1-14(22)13-28-20-6-5-19-24-12-17(27(19)25-20)18-11-15-16(7-8-23-21(15)29-18)26-9-3-2-4-10-26/h5-8,11-12,14H,2-4,9-10,13,22H2,1H3/t14-/m0/s1. The van der Waals surface area contributed by atoms with Crippen molar-refractivity contribution in [1.82, 2.24) is 19.6 Å². The van der Waals surface area contributed by atoms with Gasteiger partial charge in [0.25, 0.3) is 0 Å². The Morgan fingerprint density at radius 2 is 2.03 bits per heavy atom. The number of rotatable bonds is 5. The number of nitrogens with zero attached hydrogens (tertiary/aromatic N) is 5. The Labute approximate surface area is 168 Å². The monoisotopic (exact) mass is 392 g/mol. The Hall–Kier alpha value is -3.13. The maximum absolute atomic E-state index is 6.09. The number of aromatic nitrogens is 4. The number of hydrogen-bond acceptors (Lipinski definition) is 7. The molecule has 29 heavy (non-hydrogen) atoms. The van der Waals surface area contributed by atoms with E-state index >= 15 is 0 Å². The van der Waals surface area contributed by atoms with Gasteiger partial charge in [0.2, 0.25) is 11.6 Å². The molecular weight excluding hydrogens is 368 g/mol. The van der Waals surface area contributed by atoms with Crippen molar-refractivity contribution in [2.45, 2.75) is 32.2 Å². The van der Waals surface area contributed by atoms with Gasteiger partial charge in [-0.05, 0) is 44.4 Å². The molecular formula is C21H24N6O2. The number of furan rings is 1. The molecule has 1 atom stereocenters. The molecule has 4 aromatic rings. The topological polar surface area (TPSA) is 94.7 Å². The minimum Gasteiger partial charge on any atom is -0.475 e. The van der Waals surface area contributed by atoms with E-state index in [9.17, 15) is 0 Å². The van der Waals surface area contributed by atoms with Gasteiger partial charge in [0, 0.05) is 31.4 Å². The van der Waals surface area contributed by atoms with Crippen molar-refractivity contribution in [3.8, 4) is 17.3 Å². The lowest BCUT2D eigenvalue weighted by Crippen LogP contribution is -2.29. The smallest absolute Gasteiger partial charge is 0.231 e. The third kappa shape index (κ3) is 3.40. The second-order valence-corrected chi connectivity index (χ2v) is 7.58. The number of pyridine rings is 1. The van der Waals surface area contributed by atoms with E-state index in [0.717, 1.165) is 29.8 Å². The average Bonchev–Trinajstić information content (AvgIpc) is 3.36. The Bertz CT molecular complexity index is 1140. The van der Waals surface area contributed by atoms with Crippen molar-refractivity contribution >= 4 is 22.4 Å². The maximum Gasteiger partial charge on any atom is 0.231 e. The van der Waals surface area contributed by atoms with Crippen LogP contribution in [0.15, 0.2) is 41.1 Å². The molecule has 0 unspecified atom stereocenters. The highest BCUT2D eigenvalue weighted by Gasteiger charge is 2.19. The van der Waals surface area contributed by atoms with Gasteiger partial charge in [-0.2, -0.15) is 0 Å². The van der Waals surface area contributed by atoms with Crippen molar-refractivity contribution in [3.63, 3.8) is 0 Å². The number of nitrogens with two attached hydrogens (primary N) is 1. The Balaban J connectivity index is 1.55. The summed E-state index contributed by atoms with van der Waals surface area (Å²) < 4.78 is 13.5. The second-order valence-electron chi connectivity index (χ2n) is 7.58.